The molecular formula is C11H9FN4O. The van der Waals surface area contributed by atoms with Crippen molar-refractivity contribution in [3.8, 4) is 0 Å². The van der Waals surface area contributed by atoms with Gasteiger partial charge in [-0.3, -0.25) is 4.79 Å². The van der Waals surface area contributed by atoms with Crippen LogP contribution < -0.4 is 11.1 Å². The van der Waals surface area contributed by atoms with Gasteiger partial charge in [-0.1, -0.05) is 0 Å². The Morgan fingerprint density at radius 3 is 2.71 bits per heavy atom. The summed E-state index contributed by atoms with van der Waals surface area (Å²) < 4.78 is 13.0. The predicted octanol–water partition coefficient (Wildman–Crippen LogP) is 1.45. The van der Waals surface area contributed by atoms with Crippen molar-refractivity contribution in [2.75, 3.05) is 11.1 Å². The lowest BCUT2D eigenvalue weighted by Crippen LogP contribution is -2.13. The number of nitrogens with two attached hydrogens (primary N) is 1. The van der Waals surface area contributed by atoms with Crippen molar-refractivity contribution < 1.29 is 9.18 Å². The first kappa shape index (κ1) is 11.0. The number of hydrogen-bond donors (Lipinski definition) is 2. The van der Waals surface area contributed by atoms with E-state index in [4.69, 9.17) is 5.73 Å². The molecule has 2 rings (SSSR count). The van der Waals surface area contributed by atoms with E-state index in [9.17, 15) is 9.18 Å². The third kappa shape index (κ3) is 2.54. The average molecular weight is 232 g/mol. The number of carbonyl (C=O) groups excluding carboxylic acids is 1. The van der Waals surface area contributed by atoms with Crippen molar-refractivity contribution in [2.45, 2.75) is 0 Å². The zero-order valence-corrected chi connectivity index (χ0v) is 8.72. The van der Waals surface area contributed by atoms with Crippen molar-refractivity contribution in [1.82, 2.24) is 9.97 Å². The molecule has 86 valence electrons. The predicted molar refractivity (Wildman–Crippen MR) is 60.8 cm³/mol. The molecule has 0 aliphatic heterocycles. The summed E-state index contributed by atoms with van der Waals surface area (Å²) in [7, 11) is 0. The van der Waals surface area contributed by atoms with Gasteiger partial charge in [0.1, 0.15) is 12.1 Å². The highest BCUT2D eigenvalue weighted by atomic mass is 19.1. The Kier molecular flexibility index (Phi) is 2.95. The second-order valence-corrected chi connectivity index (χ2v) is 3.31. The summed E-state index contributed by atoms with van der Waals surface area (Å²) in [4.78, 5) is 19.1. The van der Waals surface area contributed by atoms with Crippen LogP contribution in [0.25, 0.3) is 0 Å². The molecule has 1 heterocycles. The van der Waals surface area contributed by atoms with E-state index in [1.165, 1.54) is 30.9 Å². The fourth-order valence-corrected chi connectivity index (χ4v) is 1.25. The van der Waals surface area contributed by atoms with Crippen molar-refractivity contribution in [1.29, 1.82) is 0 Å². The Labute approximate surface area is 96.5 Å². The molecule has 0 aliphatic carbocycles. The van der Waals surface area contributed by atoms with Crippen LogP contribution in [0, 0.1) is 5.82 Å². The van der Waals surface area contributed by atoms with Gasteiger partial charge < -0.3 is 11.1 Å². The second kappa shape index (κ2) is 4.56. The summed E-state index contributed by atoms with van der Waals surface area (Å²) in [5.41, 5.74) is 6.39. The Balaban J connectivity index is 2.22. The van der Waals surface area contributed by atoms with Crippen LogP contribution in [0.15, 0.2) is 36.9 Å². The summed E-state index contributed by atoms with van der Waals surface area (Å²) in [6, 6.07) is 3.75. The van der Waals surface area contributed by atoms with Crippen LogP contribution in [0.2, 0.25) is 0 Å². The Hall–Kier alpha value is -2.50. The minimum atomic E-state index is -0.473. The second-order valence-electron chi connectivity index (χ2n) is 3.31. The molecule has 0 unspecified atom stereocenters. The van der Waals surface area contributed by atoms with Gasteiger partial charge in [0.2, 0.25) is 0 Å². The SMILES string of the molecule is Nc1ccc(F)cc1NC(=O)c1cncnc1. The molecule has 0 radical (unpaired) electrons. The number of benzene rings is 1. The number of aromatic nitrogens is 2. The summed E-state index contributed by atoms with van der Waals surface area (Å²) in [5.74, 6) is -0.915. The number of carbonyl (C=O) groups is 1. The molecule has 1 aromatic carbocycles. The van der Waals surface area contributed by atoms with E-state index in [0.29, 0.717) is 0 Å². The maximum absolute atomic E-state index is 13.0. The summed E-state index contributed by atoms with van der Waals surface area (Å²) in [6.07, 6.45) is 4.03. The molecule has 0 atom stereocenters. The topological polar surface area (TPSA) is 80.9 Å². The highest BCUT2D eigenvalue weighted by Gasteiger charge is 2.08. The smallest absolute Gasteiger partial charge is 0.258 e. The number of anilines is 2. The Bertz CT molecular complexity index is 544. The molecule has 5 nitrogen and oxygen atoms in total. The summed E-state index contributed by atoms with van der Waals surface area (Å²) in [5, 5.41) is 2.48. The largest absolute Gasteiger partial charge is 0.397 e. The molecule has 0 spiro atoms. The summed E-state index contributed by atoms with van der Waals surface area (Å²) in [6.45, 7) is 0. The van der Waals surface area contributed by atoms with Crippen LogP contribution >= 0.6 is 0 Å². The van der Waals surface area contributed by atoms with E-state index < -0.39 is 11.7 Å². The van der Waals surface area contributed by atoms with Gasteiger partial charge in [-0.25, -0.2) is 14.4 Å². The first-order valence-electron chi connectivity index (χ1n) is 4.78. The van der Waals surface area contributed by atoms with E-state index in [0.717, 1.165) is 6.07 Å². The molecule has 0 fully saturated rings. The maximum atomic E-state index is 13.0. The molecule has 1 aromatic heterocycles. The zero-order valence-electron chi connectivity index (χ0n) is 8.72. The minimum absolute atomic E-state index is 0.221. The third-order valence-electron chi connectivity index (χ3n) is 2.09. The molecule has 0 saturated carbocycles. The average Bonchev–Trinajstić information content (AvgIpc) is 2.35. The summed E-state index contributed by atoms with van der Waals surface area (Å²) >= 11 is 0. The molecule has 6 heteroatoms. The standard InChI is InChI=1S/C11H9FN4O/c12-8-1-2-9(13)10(3-8)16-11(17)7-4-14-6-15-5-7/h1-6H,13H2,(H,16,17). The van der Waals surface area contributed by atoms with Gasteiger partial charge in [0, 0.05) is 12.4 Å². The molecule has 0 bridgehead atoms. The van der Waals surface area contributed by atoms with E-state index in [1.807, 2.05) is 0 Å². The number of nitrogen functional groups attached to an aromatic ring is 1. The molecule has 3 N–H and O–H groups in total. The number of halogens is 1. The number of amides is 1. The highest BCUT2D eigenvalue weighted by Crippen LogP contribution is 2.19. The zero-order chi connectivity index (χ0) is 12.3. The van der Waals surface area contributed by atoms with E-state index in [2.05, 4.69) is 15.3 Å². The molecule has 0 saturated heterocycles. The van der Waals surface area contributed by atoms with Gasteiger partial charge in [-0.2, -0.15) is 0 Å². The number of nitrogens with one attached hydrogen (secondary N) is 1. The Morgan fingerprint density at radius 1 is 1.29 bits per heavy atom. The highest BCUT2D eigenvalue weighted by molar-refractivity contribution is 6.05. The lowest BCUT2D eigenvalue weighted by Gasteiger charge is -2.07. The van der Waals surface area contributed by atoms with Crippen LogP contribution in [0.1, 0.15) is 10.4 Å². The van der Waals surface area contributed by atoms with E-state index in [1.54, 1.807) is 0 Å². The third-order valence-corrected chi connectivity index (χ3v) is 2.09. The van der Waals surface area contributed by atoms with Gasteiger partial charge >= 0.3 is 0 Å². The van der Waals surface area contributed by atoms with Gasteiger partial charge in [0.05, 0.1) is 16.9 Å². The fraction of sp³-hybridized carbons (Fsp3) is 0. The minimum Gasteiger partial charge on any atom is -0.397 e. The number of nitrogens with zero attached hydrogens (tertiary/aromatic N) is 2. The van der Waals surface area contributed by atoms with Crippen LogP contribution in [0.3, 0.4) is 0 Å². The van der Waals surface area contributed by atoms with Gasteiger partial charge in [-0.15, -0.1) is 0 Å². The molecule has 2 aromatic rings. The van der Waals surface area contributed by atoms with E-state index in [-0.39, 0.29) is 16.9 Å². The first-order chi connectivity index (χ1) is 8.16. The molecule has 1 amide bonds. The van der Waals surface area contributed by atoms with Crippen molar-refractivity contribution in [3.63, 3.8) is 0 Å². The first-order valence-corrected chi connectivity index (χ1v) is 4.78. The van der Waals surface area contributed by atoms with Crippen LogP contribution in [0.5, 0.6) is 0 Å². The monoisotopic (exact) mass is 232 g/mol. The van der Waals surface area contributed by atoms with Gasteiger partial charge in [0.25, 0.3) is 5.91 Å². The molecular weight excluding hydrogens is 223 g/mol. The maximum Gasteiger partial charge on any atom is 0.258 e. The normalized spacial score (nSPS) is 9.94. The van der Waals surface area contributed by atoms with Crippen LogP contribution in [-0.4, -0.2) is 15.9 Å². The lowest BCUT2D eigenvalue weighted by atomic mass is 10.2. The van der Waals surface area contributed by atoms with Crippen molar-refractivity contribution in [2.24, 2.45) is 0 Å². The lowest BCUT2D eigenvalue weighted by molar-refractivity contribution is 0.102. The molecule has 0 aliphatic rings. The van der Waals surface area contributed by atoms with Crippen molar-refractivity contribution in [3.05, 3.63) is 48.3 Å². The van der Waals surface area contributed by atoms with E-state index >= 15 is 0 Å². The van der Waals surface area contributed by atoms with Gasteiger partial charge in [-0.05, 0) is 18.2 Å². The number of hydrogen-bond acceptors (Lipinski definition) is 4. The van der Waals surface area contributed by atoms with Crippen LogP contribution in [0.4, 0.5) is 15.8 Å². The Morgan fingerprint density at radius 2 is 2.00 bits per heavy atom. The quantitative estimate of drug-likeness (QED) is 0.768. The van der Waals surface area contributed by atoms with Gasteiger partial charge in [0.15, 0.2) is 0 Å². The molecule has 17 heavy (non-hydrogen) atoms. The number of rotatable bonds is 2. The fourth-order valence-electron chi connectivity index (χ4n) is 1.25. The van der Waals surface area contributed by atoms with Crippen LogP contribution in [-0.2, 0) is 0 Å². The van der Waals surface area contributed by atoms with Crippen molar-refractivity contribution >= 4 is 17.3 Å².